The summed E-state index contributed by atoms with van der Waals surface area (Å²) in [5.74, 6) is -2.96. The molecule has 0 amide bonds. The monoisotopic (exact) mass is 484 g/mol. The molecule has 4 unspecified atom stereocenters. The molecule has 184 valence electrons. The molecule has 0 saturated carbocycles. The number of aromatic hydroxyl groups is 1. The van der Waals surface area contributed by atoms with E-state index in [1.54, 1.807) is 7.11 Å². The van der Waals surface area contributed by atoms with E-state index >= 15 is 0 Å². The van der Waals surface area contributed by atoms with E-state index in [-0.39, 0.29) is 29.5 Å². The van der Waals surface area contributed by atoms with Gasteiger partial charge in [0.1, 0.15) is 23.4 Å². The van der Waals surface area contributed by atoms with Gasteiger partial charge in [-0.1, -0.05) is 0 Å². The van der Waals surface area contributed by atoms with Crippen molar-refractivity contribution in [2.24, 2.45) is 0 Å². The fourth-order valence-electron chi connectivity index (χ4n) is 6.89. The molecule has 4 fully saturated rings. The first kappa shape index (κ1) is 20.7. The number of epoxide rings is 1. The molecular formula is C25H24O10. The van der Waals surface area contributed by atoms with E-state index in [1.807, 2.05) is 13.0 Å². The van der Waals surface area contributed by atoms with Gasteiger partial charge in [-0.15, -0.1) is 0 Å². The third kappa shape index (κ3) is 2.10. The highest BCUT2D eigenvalue weighted by Gasteiger charge is 2.93. The molecule has 8 rings (SSSR count). The van der Waals surface area contributed by atoms with Gasteiger partial charge in [-0.25, -0.2) is 0 Å². The first-order valence-electron chi connectivity index (χ1n) is 11.9. The topological polar surface area (TPSA) is 125 Å². The van der Waals surface area contributed by atoms with Crippen LogP contribution in [0.1, 0.15) is 46.0 Å². The number of ether oxygens (including phenoxy) is 7. The molecule has 10 nitrogen and oxygen atoms in total. The summed E-state index contributed by atoms with van der Waals surface area (Å²) in [6.45, 7) is 2.77. The predicted molar refractivity (Wildman–Crippen MR) is 116 cm³/mol. The highest BCUT2D eigenvalue weighted by Crippen LogP contribution is 2.71. The summed E-state index contributed by atoms with van der Waals surface area (Å²) in [6, 6.07) is 1.90. The molecule has 2 aromatic carbocycles. The van der Waals surface area contributed by atoms with Crippen molar-refractivity contribution in [2.75, 3.05) is 26.9 Å². The lowest BCUT2D eigenvalue weighted by molar-refractivity contribution is -0.332. The van der Waals surface area contributed by atoms with E-state index in [2.05, 4.69) is 0 Å². The summed E-state index contributed by atoms with van der Waals surface area (Å²) >= 11 is 0. The molecule has 0 aromatic heterocycles. The summed E-state index contributed by atoms with van der Waals surface area (Å²) < 4.78 is 42.3. The molecule has 1 spiro atoms. The normalized spacial score (nSPS) is 38.7. The lowest BCUT2D eigenvalue weighted by Crippen LogP contribution is -2.69. The second-order valence-electron chi connectivity index (χ2n) is 10.1. The largest absolute Gasteiger partial charge is 0.506 e. The Morgan fingerprint density at radius 1 is 1.17 bits per heavy atom. The summed E-state index contributed by atoms with van der Waals surface area (Å²) in [4.78, 5) is 12.9. The molecule has 35 heavy (non-hydrogen) atoms. The Bertz CT molecular complexity index is 1340. The van der Waals surface area contributed by atoms with Crippen molar-refractivity contribution in [3.05, 3.63) is 28.3 Å². The van der Waals surface area contributed by atoms with Crippen LogP contribution in [0.25, 0.3) is 10.8 Å². The van der Waals surface area contributed by atoms with Crippen molar-refractivity contribution in [3.8, 4) is 17.2 Å². The standard InChI is InChI=1S/C25H24O10/c1-10-8-12-16(17(27)15-11(18(12)29-2)4-3-5-13(15)26)19-14(10)20-21-24(28,33-19)23(9-32-23)25(34-20,35-21)22-30-6-7-31-22/h8,20-22,27-28H,3-7,9H2,1-2H3/t20?,21?,23?,24?,25-/m1/s1. The van der Waals surface area contributed by atoms with Crippen LogP contribution in [-0.4, -0.2) is 72.5 Å². The number of fused-ring (bicyclic) bond motifs is 8. The molecule has 2 aromatic rings. The zero-order valence-corrected chi connectivity index (χ0v) is 19.2. The highest BCUT2D eigenvalue weighted by atomic mass is 16.9. The maximum atomic E-state index is 12.9. The van der Waals surface area contributed by atoms with Crippen LogP contribution in [-0.2, 0) is 30.1 Å². The first-order chi connectivity index (χ1) is 16.9. The summed E-state index contributed by atoms with van der Waals surface area (Å²) in [7, 11) is 1.55. The molecule has 2 N–H and O–H groups in total. The average Bonchev–Trinajstić information content (AvgIpc) is 3.20. The Kier molecular flexibility index (Phi) is 3.70. The molecule has 5 aliphatic heterocycles. The number of carbonyl (C=O) groups excluding carboxylic acids is 1. The number of phenolic OH excluding ortho intramolecular Hbond substituents is 1. The van der Waals surface area contributed by atoms with Gasteiger partial charge in [0.25, 0.3) is 11.6 Å². The number of aliphatic hydroxyl groups is 1. The van der Waals surface area contributed by atoms with Crippen LogP contribution in [0.2, 0.25) is 0 Å². The second-order valence-corrected chi connectivity index (χ2v) is 10.1. The van der Waals surface area contributed by atoms with Crippen LogP contribution < -0.4 is 9.47 Å². The third-order valence-electron chi connectivity index (χ3n) is 8.45. The number of carbonyl (C=O) groups is 1. The van der Waals surface area contributed by atoms with E-state index in [4.69, 9.17) is 33.2 Å². The number of hydrogen-bond donors (Lipinski definition) is 2. The first-order valence-corrected chi connectivity index (χ1v) is 11.9. The van der Waals surface area contributed by atoms with Crippen LogP contribution in [0.5, 0.6) is 17.2 Å². The molecule has 4 saturated heterocycles. The smallest absolute Gasteiger partial charge is 0.274 e. The maximum Gasteiger partial charge on any atom is 0.274 e. The van der Waals surface area contributed by atoms with Crippen LogP contribution in [0.15, 0.2) is 6.07 Å². The number of ketones is 1. The van der Waals surface area contributed by atoms with E-state index in [1.165, 1.54) is 0 Å². The zero-order chi connectivity index (χ0) is 23.9. The van der Waals surface area contributed by atoms with E-state index in [9.17, 15) is 15.0 Å². The number of rotatable bonds is 2. The van der Waals surface area contributed by atoms with Gasteiger partial charge in [-0.2, -0.15) is 0 Å². The summed E-state index contributed by atoms with van der Waals surface area (Å²) in [5.41, 5.74) is 1.03. The quantitative estimate of drug-likeness (QED) is 0.609. The Morgan fingerprint density at radius 3 is 2.66 bits per heavy atom. The number of Topliss-reactive ketones (excluding diaryl/α,β-unsaturated/α-hetero) is 1. The number of hydrogen-bond acceptors (Lipinski definition) is 10. The van der Waals surface area contributed by atoms with Gasteiger partial charge in [-0.05, 0) is 31.4 Å². The van der Waals surface area contributed by atoms with E-state index < -0.39 is 35.7 Å². The van der Waals surface area contributed by atoms with Gasteiger partial charge in [0.05, 0.1) is 37.9 Å². The third-order valence-corrected chi connectivity index (χ3v) is 8.45. The van der Waals surface area contributed by atoms with Crippen LogP contribution in [0.3, 0.4) is 0 Å². The number of benzene rings is 2. The zero-order valence-electron chi connectivity index (χ0n) is 19.2. The number of methoxy groups -OCH3 is 1. The van der Waals surface area contributed by atoms with Crippen molar-refractivity contribution in [1.82, 2.24) is 0 Å². The minimum absolute atomic E-state index is 0.123. The molecule has 0 radical (unpaired) electrons. The fourth-order valence-corrected chi connectivity index (χ4v) is 6.89. The Labute approximate surface area is 199 Å². The van der Waals surface area contributed by atoms with Crippen LogP contribution >= 0.6 is 0 Å². The molecule has 6 aliphatic rings. The van der Waals surface area contributed by atoms with Gasteiger partial charge < -0.3 is 43.4 Å². The van der Waals surface area contributed by atoms with Crippen LogP contribution in [0, 0.1) is 6.92 Å². The lowest BCUT2D eigenvalue weighted by atomic mass is 9.78. The SMILES string of the molecule is COc1c2c(c(O)c3c4c(c(C)cc13)C1O[C@]3(C5OCCO5)OC1C(O)(O4)C31CO1)C(=O)CCC2. The van der Waals surface area contributed by atoms with Crippen LogP contribution in [0.4, 0.5) is 0 Å². The van der Waals surface area contributed by atoms with E-state index in [0.29, 0.717) is 60.1 Å². The van der Waals surface area contributed by atoms with Gasteiger partial charge in [0.15, 0.2) is 11.9 Å². The van der Waals surface area contributed by atoms with Gasteiger partial charge >= 0.3 is 0 Å². The van der Waals surface area contributed by atoms with E-state index in [0.717, 1.165) is 5.56 Å². The Hall–Kier alpha value is -2.47. The van der Waals surface area contributed by atoms with Gasteiger partial charge in [0.2, 0.25) is 11.9 Å². The minimum Gasteiger partial charge on any atom is -0.506 e. The molecule has 2 bridgehead atoms. The van der Waals surface area contributed by atoms with Crippen molar-refractivity contribution in [2.45, 2.75) is 61.9 Å². The number of aryl methyl sites for hydroxylation is 1. The Morgan fingerprint density at radius 2 is 1.94 bits per heavy atom. The minimum atomic E-state index is -1.92. The molecule has 1 aliphatic carbocycles. The molecular weight excluding hydrogens is 460 g/mol. The van der Waals surface area contributed by atoms with Crippen molar-refractivity contribution < 1.29 is 48.2 Å². The molecule has 5 heterocycles. The average molecular weight is 484 g/mol. The lowest BCUT2D eigenvalue weighted by Gasteiger charge is -2.47. The predicted octanol–water partition coefficient (Wildman–Crippen LogP) is 1.77. The summed E-state index contributed by atoms with van der Waals surface area (Å²) in [5, 5.41) is 24.3. The number of phenols is 1. The molecule has 5 atom stereocenters. The maximum absolute atomic E-state index is 12.9. The van der Waals surface area contributed by atoms with Gasteiger partial charge in [-0.3, -0.25) is 4.79 Å². The van der Waals surface area contributed by atoms with Crippen molar-refractivity contribution >= 4 is 16.6 Å². The van der Waals surface area contributed by atoms with Crippen molar-refractivity contribution in [1.29, 1.82) is 0 Å². The summed E-state index contributed by atoms with van der Waals surface area (Å²) in [6.07, 6.45) is -0.850. The van der Waals surface area contributed by atoms with Gasteiger partial charge in [0, 0.05) is 22.9 Å². The highest BCUT2D eigenvalue weighted by molar-refractivity contribution is 6.11. The van der Waals surface area contributed by atoms with Crippen molar-refractivity contribution in [3.63, 3.8) is 0 Å². The molecule has 10 heteroatoms. The fraction of sp³-hybridized carbons (Fsp3) is 0.560. The second kappa shape index (κ2) is 6.26. The Balaban J connectivity index is 1.41.